The van der Waals surface area contributed by atoms with Gasteiger partial charge in [-0.3, -0.25) is 4.90 Å². The molecule has 0 saturated carbocycles. The second-order valence-corrected chi connectivity index (χ2v) is 7.50. The van der Waals surface area contributed by atoms with Gasteiger partial charge in [-0.2, -0.15) is 0 Å². The van der Waals surface area contributed by atoms with Crippen molar-refractivity contribution in [2.24, 2.45) is 0 Å². The van der Waals surface area contributed by atoms with Crippen molar-refractivity contribution >= 4 is 0 Å². The third-order valence-electron chi connectivity index (χ3n) is 4.15. The van der Waals surface area contributed by atoms with Gasteiger partial charge in [-0.25, -0.2) is 0 Å². The smallest absolute Gasteiger partial charge is 0.118 e. The monoisotopic (exact) mass is 293 g/mol. The van der Waals surface area contributed by atoms with Gasteiger partial charge in [0.2, 0.25) is 0 Å². The molecule has 1 N–H and O–H groups in total. The van der Waals surface area contributed by atoms with Crippen LogP contribution in [0.1, 0.15) is 44.9 Å². The molecule has 21 heavy (non-hydrogen) atoms. The van der Waals surface area contributed by atoms with Gasteiger partial charge in [0, 0.05) is 30.2 Å². The quantitative estimate of drug-likeness (QED) is 0.874. The summed E-state index contributed by atoms with van der Waals surface area (Å²) in [5, 5.41) is 3.49. The molecule has 0 radical (unpaired) electrons. The summed E-state index contributed by atoms with van der Waals surface area (Å²) in [6.07, 6.45) is 4.53. The first-order chi connectivity index (χ1) is 9.83. The Morgan fingerprint density at radius 2 is 2.19 bits per heavy atom. The normalized spacial score (nSPS) is 20.6. The summed E-state index contributed by atoms with van der Waals surface area (Å²) in [5.74, 6) is 1.06. The van der Waals surface area contributed by atoms with Gasteiger partial charge in [0.25, 0.3) is 0 Å². The Hall–Kier alpha value is -0.840. The SMILES string of the molecule is CN(Cc1cc(CNC(C)(C)C)co1)CC1CCCN1C. The Bertz CT molecular complexity index is 435. The molecular weight excluding hydrogens is 262 g/mol. The van der Waals surface area contributed by atoms with Crippen LogP contribution in [0, 0.1) is 0 Å². The molecule has 2 heterocycles. The first-order valence-electron chi connectivity index (χ1n) is 8.03. The fourth-order valence-electron chi connectivity index (χ4n) is 2.87. The third-order valence-corrected chi connectivity index (χ3v) is 4.15. The van der Waals surface area contributed by atoms with E-state index in [4.69, 9.17) is 4.42 Å². The number of nitrogens with one attached hydrogen (secondary N) is 1. The standard InChI is InChI=1S/C17H31N3O/c1-17(2,3)18-10-14-9-16(21-13-14)12-19(4)11-15-7-6-8-20(15)5/h9,13,15,18H,6-8,10-12H2,1-5H3. The van der Waals surface area contributed by atoms with E-state index in [0.717, 1.165) is 25.4 Å². The van der Waals surface area contributed by atoms with E-state index in [9.17, 15) is 0 Å². The molecule has 4 nitrogen and oxygen atoms in total. The molecule has 0 spiro atoms. The van der Waals surface area contributed by atoms with Crippen LogP contribution in [0.3, 0.4) is 0 Å². The van der Waals surface area contributed by atoms with Crippen molar-refractivity contribution in [2.45, 2.75) is 58.3 Å². The van der Waals surface area contributed by atoms with E-state index in [0.29, 0.717) is 6.04 Å². The predicted molar refractivity (Wildman–Crippen MR) is 87.3 cm³/mol. The van der Waals surface area contributed by atoms with Crippen molar-refractivity contribution in [2.75, 3.05) is 27.2 Å². The molecular formula is C17H31N3O. The van der Waals surface area contributed by atoms with E-state index in [-0.39, 0.29) is 5.54 Å². The van der Waals surface area contributed by atoms with Crippen LogP contribution in [-0.2, 0) is 13.1 Å². The van der Waals surface area contributed by atoms with Crippen LogP contribution in [0.5, 0.6) is 0 Å². The Morgan fingerprint density at radius 1 is 1.43 bits per heavy atom. The van der Waals surface area contributed by atoms with Crippen LogP contribution in [0.25, 0.3) is 0 Å². The number of likely N-dealkylation sites (N-methyl/N-ethyl adjacent to an activating group) is 2. The van der Waals surface area contributed by atoms with Crippen LogP contribution >= 0.6 is 0 Å². The summed E-state index contributed by atoms with van der Waals surface area (Å²) in [6, 6.07) is 2.88. The van der Waals surface area contributed by atoms with Crippen molar-refractivity contribution in [3.8, 4) is 0 Å². The molecule has 120 valence electrons. The van der Waals surface area contributed by atoms with Crippen LogP contribution in [0.2, 0.25) is 0 Å². The zero-order valence-electron chi connectivity index (χ0n) is 14.3. The molecule has 1 aromatic rings. The highest BCUT2D eigenvalue weighted by Crippen LogP contribution is 2.17. The number of furan rings is 1. The van der Waals surface area contributed by atoms with E-state index in [1.807, 2.05) is 6.26 Å². The fourth-order valence-corrected chi connectivity index (χ4v) is 2.87. The highest BCUT2D eigenvalue weighted by Gasteiger charge is 2.22. The average molecular weight is 293 g/mol. The first-order valence-corrected chi connectivity index (χ1v) is 8.03. The maximum atomic E-state index is 5.70. The largest absolute Gasteiger partial charge is 0.468 e. The van der Waals surface area contributed by atoms with Gasteiger partial charge >= 0.3 is 0 Å². The van der Waals surface area contributed by atoms with Gasteiger partial charge in [-0.15, -0.1) is 0 Å². The first kappa shape index (κ1) is 16.5. The molecule has 2 rings (SSSR count). The van der Waals surface area contributed by atoms with Gasteiger partial charge < -0.3 is 14.6 Å². The van der Waals surface area contributed by atoms with E-state index in [1.54, 1.807) is 0 Å². The molecule has 1 saturated heterocycles. The number of likely N-dealkylation sites (tertiary alicyclic amines) is 1. The van der Waals surface area contributed by atoms with Crippen molar-refractivity contribution < 1.29 is 4.42 Å². The number of hydrogen-bond donors (Lipinski definition) is 1. The number of nitrogens with zero attached hydrogens (tertiary/aromatic N) is 2. The highest BCUT2D eigenvalue weighted by atomic mass is 16.3. The molecule has 0 aliphatic carbocycles. The average Bonchev–Trinajstić information content (AvgIpc) is 2.96. The lowest BCUT2D eigenvalue weighted by atomic mass is 10.1. The molecule has 0 amide bonds. The number of hydrogen-bond acceptors (Lipinski definition) is 4. The van der Waals surface area contributed by atoms with Gasteiger partial charge in [0.1, 0.15) is 5.76 Å². The molecule has 0 aromatic carbocycles. The molecule has 1 unspecified atom stereocenters. The van der Waals surface area contributed by atoms with Crippen LogP contribution in [-0.4, -0.2) is 48.6 Å². The van der Waals surface area contributed by atoms with Crippen molar-refractivity contribution in [3.05, 3.63) is 23.7 Å². The molecule has 0 bridgehead atoms. The molecule has 4 heteroatoms. The van der Waals surface area contributed by atoms with Crippen LogP contribution in [0.15, 0.2) is 16.7 Å². The predicted octanol–water partition coefficient (Wildman–Crippen LogP) is 2.69. The summed E-state index contributed by atoms with van der Waals surface area (Å²) in [7, 11) is 4.41. The molecule has 1 atom stereocenters. The Balaban J connectivity index is 1.78. The summed E-state index contributed by atoms with van der Waals surface area (Å²) < 4.78 is 5.70. The van der Waals surface area contributed by atoms with Gasteiger partial charge in [0.05, 0.1) is 12.8 Å². The zero-order valence-corrected chi connectivity index (χ0v) is 14.3. The van der Waals surface area contributed by atoms with E-state index in [2.05, 4.69) is 56.0 Å². The second-order valence-electron chi connectivity index (χ2n) is 7.50. The maximum Gasteiger partial charge on any atom is 0.118 e. The number of rotatable bonds is 6. The summed E-state index contributed by atoms with van der Waals surface area (Å²) in [6.45, 7) is 10.6. The van der Waals surface area contributed by atoms with Gasteiger partial charge in [-0.05, 0) is 60.3 Å². The topological polar surface area (TPSA) is 31.6 Å². The van der Waals surface area contributed by atoms with Gasteiger partial charge in [0.15, 0.2) is 0 Å². The zero-order chi connectivity index (χ0) is 15.5. The minimum atomic E-state index is 0.140. The summed E-state index contributed by atoms with van der Waals surface area (Å²) in [5.41, 5.74) is 1.37. The fraction of sp³-hybridized carbons (Fsp3) is 0.765. The molecule has 1 aliphatic rings. The Kier molecular flexibility index (Phi) is 5.47. The summed E-state index contributed by atoms with van der Waals surface area (Å²) >= 11 is 0. The lowest BCUT2D eigenvalue weighted by Gasteiger charge is -2.25. The summed E-state index contributed by atoms with van der Waals surface area (Å²) in [4.78, 5) is 4.84. The highest BCUT2D eigenvalue weighted by molar-refractivity contribution is 5.13. The van der Waals surface area contributed by atoms with E-state index < -0.39 is 0 Å². The lowest BCUT2D eigenvalue weighted by Crippen LogP contribution is -2.36. The minimum absolute atomic E-state index is 0.140. The van der Waals surface area contributed by atoms with Crippen molar-refractivity contribution in [1.29, 1.82) is 0 Å². The van der Waals surface area contributed by atoms with E-state index >= 15 is 0 Å². The van der Waals surface area contributed by atoms with E-state index in [1.165, 1.54) is 24.9 Å². The second kappa shape index (κ2) is 6.95. The minimum Gasteiger partial charge on any atom is -0.468 e. The Morgan fingerprint density at radius 3 is 2.81 bits per heavy atom. The van der Waals surface area contributed by atoms with Crippen LogP contribution < -0.4 is 5.32 Å². The lowest BCUT2D eigenvalue weighted by molar-refractivity contribution is 0.206. The van der Waals surface area contributed by atoms with Crippen molar-refractivity contribution in [1.82, 2.24) is 15.1 Å². The third kappa shape index (κ3) is 5.46. The maximum absolute atomic E-state index is 5.70. The molecule has 1 aromatic heterocycles. The van der Waals surface area contributed by atoms with Crippen LogP contribution in [0.4, 0.5) is 0 Å². The van der Waals surface area contributed by atoms with Crippen molar-refractivity contribution in [3.63, 3.8) is 0 Å². The van der Waals surface area contributed by atoms with Gasteiger partial charge in [-0.1, -0.05) is 0 Å². The molecule has 1 fully saturated rings. The molecule has 1 aliphatic heterocycles. The Labute approximate surface area is 129 Å².